The molecule has 2 rings (SSSR count). The molecule has 0 unspecified atom stereocenters. The van der Waals surface area contributed by atoms with Crippen LogP contribution in [-0.4, -0.2) is 29.2 Å². The Morgan fingerprint density at radius 1 is 1.44 bits per heavy atom. The highest BCUT2D eigenvalue weighted by atomic mass is 19.1. The second-order valence-electron chi connectivity index (χ2n) is 4.52. The Hall–Kier alpha value is -0.930. The van der Waals surface area contributed by atoms with Crippen molar-refractivity contribution in [3.8, 4) is 0 Å². The minimum absolute atomic E-state index is 0.143. The molecule has 0 spiro atoms. The minimum Gasteiger partial charge on any atom is -0.395 e. The second-order valence-corrected chi connectivity index (χ2v) is 4.52. The molecule has 1 aromatic rings. The van der Waals surface area contributed by atoms with E-state index in [2.05, 4.69) is 4.90 Å². The second kappa shape index (κ2) is 4.93. The van der Waals surface area contributed by atoms with E-state index in [1.807, 2.05) is 13.0 Å². The molecule has 0 radical (unpaired) electrons. The molecule has 1 N–H and O–H groups in total. The standard InChI is InChI=1S/C13H18FNO/c1-10-2-5-13(14)11(8-10)9-15(6-7-16)12-3-4-12/h2,5,8,12,16H,3-4,6-7,9H2,1H3. The first-order chi connectivity index (χ1) is 7.70. The zero-order chi connectivity index (χ0) is 11.5. The monoisotopic (exact) mass is 223 g/mol. The molecular weight excluding hydrogens is 205 g/mol. The summed E-state index contributed by atoms with van der Waals surface area (Å²) in [6, 6.07) is 5.75. The van der Waals surface area contributed by atoms with Crippen LogP contribution in [0.5, 0.6) is 0 Å². The molecule has 0 bridgehead atoms. The fourth-order valence-electron chi connectivity index (χ4n) is 2.00. The lowest BCUT2D eigenvalue weighted by molar-refractivity contribution is 0.182. The van der Waals surface area contributed by atoms with Gasteiger partial charge in [-0.1, -0.05) is 17.7 Å². The largest absolute Gasteiger partial charge is 0.395 e. The molecule has 0 atom stereocenters. The number of aryl methyl sites for hydroxylation is 1. The van der Waals surface area contributed by atoms with Crippen LogP contribution in [0.4, 0.5) is 4.39 Å². The molecule has 16 heavy (non-hydrogen) atoms. The molecule has 3 heteroatoms. The lowest BCUT2D eigenvalue weighted by atomic mass is 10.1. The maximum Gasteiger partial charge on any atom is 0.127 e. The Kier molecular flexibility index (Phi) is 3.56. The summed E-state index contributed by atoms with van der Waals surface area (Å²) < 4.78 is 13.6. The van der Waals surface area contributed by atoms with Crippen LogP contribution in [0.2, 0.25) is 0 Å². The molecule has 0 amide bonds. The predicted octanol–water partition coefficient (Wildman–Crippen LogP) is 2.09. The predicted molar refractivity (Wildman–Crippen MR) is 61.7 cm³/mol. The Morgan fingerprint density at radius 2 is 2.19 bits per heavy atom. The number of hydrogen-bond donors (Lipinski definition) is 1. The number of rotatable bonds is 5. The van der Waals surface area contributed by atoms with Gasteiger partial charge in [-0.25, -0.2) is 4.39 Å². The Morgan fingerprint density at radius 3 is 2.81 bits per heavy atom. The average molecular weight is 223 g/mol. The summed E-state index contributed by atoms with van der Waals surface area (Å²) >= 11 is 0. The van der Waals surface area contributed by atoms with E-state index in [0.29, 0.717) is 19.1 Å². The fraction of sp³-hybridized carbons (Fsp3) is 0.538. The summed E-state index contributed by atoms with van der Waals surface area (Å²) in [5.74, 6) is -0.144. The van der Waals surface area contributed by atoms with Gasteiger partial charge in [-0.05, 0) is 25.8 Å². The summed E-state index contributed by atoms with van der Waals surface area (Å²) in [6.07, 6.45) is 2.35. The van der Waals surface area contributed by atoms with Gasteiger partial charge in [0.2, 0.25) is 0 Å². The van der Waals surface area contributed by atoms with Gasteiger partial charge >= 0.3 is 0 Å². The lowest BCUT2D eigenvalue weighted by Crippen LogP contribution is -2.29. The van der Waals surface area contributed by atoms with Crippen molar-refractivity contribution >= 4 is 0 Å². The SMILES string of the molecule is Cc1ccc(F)c(CN(CCO)C2CC2)c1. The summed E-state index contributed by atoms with van der Waals surface area (Å²) in [5, 5.41) is 8.98. The van der Waals surface area contributed by atoms with Gasteiger partial charge in [0.1, 0.15) is 5.82 Å². The van der Waals surface area contributed by atoms with Crippen molar-refractivity contribution < 1.29 is 9.50 Å². The third kappa shape index (κ3) is 2.80. The first-order valence-electron chi connectivity index (χ1n) is 5.80. The van der Waals surface area contributed by atoms with Gasteiger partial charge < -0.3 is 5.11 Å². The molecule has 0 aliphatic heterocycles. The number of hydrogen-bond acceptors (Lipinski definition) is 2. The van der Waals surface area contributed by atoms with E-state index in [0.717, 1.165) is 11.1 Å². The van der Waals surface area contributed by atoms with Gasteiger partial charge in [-0.15, -0.1) is 0 Å². The topological polar surface area (TPSA) is 23.5 Å². The van der Waals surface area contributed by atoms with Gasteiger partial charge in [-0.2, -0.15) is 0 Å². The smallest absolute Gasteiger partial charge is 0.127 e. The Labute approximate surface area is 95.7 Å². The number of benzene rings is 1. The molecular formula is C13H18FNO. The van der Waals surface area contributed by atoms with Crippen molar-refractivity contribution in [1.82, 2.24) is 4.90 Å². The first-order valence-corrected chi connectivity index (χ1v) is 5.80. The van der Waals surface area contributed by atoms with E-state index in [9.17, 15) is 4.39 Å². The van der Waals surface area contributed by atoms with Crippen molar-refractivity contribution in [1.29, 1.82) is 0 Å². The maximum absolute atomic E-state index is 13.6. The Balaban J connectivity index is 2.08. The Bertz CT molecular complexity index is 363. The third-order valence-electron chi connectivity index (χ3n) is 3.03. The van der Waals surface area contributed by atoms with E-state index in [4.69, 9.17) is 5.11 Å². The zero-order valence-electron chi connectivity index (χ0n) is 9.62. The van der Waals surface area contributed by atoms with E-state index >= 15 is 0 Å². The van der Waals surface area contributed by atoms with Crippen molar-refractivity contribution in [3.63, 3.8) is 0 Å². The van der Waals surface area contributed by atoms with Gasteiger partial charge in [0, 0.05) is 24.7 Å². The zero-order valence-corrected chi connectivity index (χ0v) is 9.62. The molecule has 0 aromatic heterocycles. The highest BCUT2D eigenvalue weighted by Gasteiger charge is 2.28. The van der Waals surface area contributed by atoms with Crippen molar-refractivity contribution in [2.75, 3.05) is 13.2 Å². The lowest BCUT2D eigenvalue weighted by Gasteiger charge is -2.21. The number of nitrogens with zero attached hydrogens (tertiary/aromatic N) is 1. The molecule has 1 fully saturated rings. The average Bonchev–Trinajstić information content (AvgIpc) is 3.06. The maximum atomic E-state index is 13.6. The number of aliphatic hydroxyl groups excluding tert-OH is 1. The fourth-order valence-corrected chi connectivity index (χ4v) is 2.00. The van der Waals surface area contributed by atoms with Gasteiger partial charge in [0.15, 0.2) is 0 Å². The normalized spacial score (nSPS) is 15.8. The molecule has 88 valence electrons. The third-order valence-corrected chi connectivity index (χ3v) is 3.03. The van der Waals surface area contributed by atoms with Gasteiger partial charge in [0.25, 0.3) is 0 Å². The van der Waals surface area contributed by atoms with Crippen LogP contribution < -0.4 is 0 Å². The molecule has 1 aromatic carbocycles. The number of aliphatic hydroxyl groups is 1. The molecule has 1 aliphatic carbocycles. The van der Waals surface area contributed by atoms with Crippen molar-refractivity contribution in [3.05, 3.63) is 35.1 Å². The van der Waals surface area contributed by atoms with Crippen LogP contribution in [0, 0.1) is 12.7 Å². The summed E-state index contributed by atoms with van der Waals surface area (Å²) in [6.45, 7) is 3.36. The summed E-state index contributed by atoms with van der Waals surface area (Å²) in [7, 11) is 0. The van der Waals surface area contributed by atoms with Crippen molar-refractivity contribution in [2.45, 2.75) is 32.4 Å². The van der Waals surface area contributed by atoms with E-state index in [1.54, 1.807) is 6.07 Å². The van der Waals surface area contributed by atoms with Crippen LogP contribution in [0.1, 0.15) is 24.0 Å². The van der Waals surface area contributed by atoms with Crippen LogP contribution >= 0.6 is 0 Å². The van der Waals surface area contributed by atoms with E-state index < -0.39 is 0 Å². The van der Waals surface area contributed by atoms with E-state index in [-0.39, 0.29) is 12.4 Å². The van der Waals surface area contributed by atoms with Crippen LogP contribution in [0.3, 0.4) is 0 Å². The summed E-state index contributed by atoms with van der Waals surface area (Å²) in [4.78, 5) is 2.16. The molecule has 1 aliphatic rings. The van der Waals surface area contributed by atoms with Gasteiger partial charge in [-0.3, -0.25) is 4.90 Å². The van der Waals surface area contributed by atoms with E-state index in [1.165, 1.54) is 18.9 Å². The van der Waals surface area contributed by atoms with Crippen LogP contribution in [-0.2, 0) is 6.54 Å². The highest BCUT2D eigenvalue weighted by Crippen LogP contribution is 2.28. The highest BCUT2D eigenvalue weighted by molar-refractivity contribution is 5.24. The molecule has 1 saturated carbocycles. The molecule has 0 heterocycles. The molecule has 2 nitrogen and oxygen atoms in total. The quantitative estimate of drug-likeness (QED) is 0.826. The summed E-state index contributed by atoms with van der Waals surface area (Å²) in [5.41, 5.74) is 1.82. The van der Waals surface area contributed by atoms with Crippen LogP contribution in [0.15, 0.2) is 18.2 Å². The van der Waals surface area contributed by atoms with Crippen LogP contribution in [0.25, 0.3) is 0 Å². The number of halogens is 1. The minimum atomic E-state index is -0.144. The molecule has 0 saturated heterocycles. The van der Waals surface area contributed by atoms with Gasteiger partial charge in [0.05, 0.1) is 6.61 Å². The first kappa shape index (κ1) is 11.6. The van der Waals surface area contributed by atoms with Crippen molar-refractivity contribution in [2.24, 2.45) is 0 Å².